The number of aromatic nitrogens is 2. The van der Waals surface area contributed by atoms with Gasteiger partial charge >= 0.3 is 0 Å². The van der Waals surface area contributed by atoms with E-state index in [9.17, 15) is 9.59 Å². The van der Waals surface area contributed by atoms with Crippen molar-refractivity contribution in [2.75, 3.05) is 38.3 Å². The van der Waals surface area contributed by atoms with Gasteiger partial charge in [-0.15, -0.1) is 0 Å². The monoisotopic (exact) mass is 283 g/mol. The van der Waals surface area contributed by atoms with Crippen molar-refractivity contribution in [3.63, 3.8) is 0 Å². The molecule has 0 aliphatic carbocycles. The number of nitrogens with zero attached hydrogens (tertiary/aromatic N) is 3. The van der Waals surface area contributed by atoms with Gasteiger partial charge < -0.3 is 9.64 Å². The molecular weight excluding hydrogens is 266 g/mol. The van der Waals surface area contributed by atoms with Gasteiger partial charge in [0.05, 0.1) is 13.2 Å². The number of ether oxygens (including phenoxy) is 1. The van der Waals surface area contributed by atoms with E-state index in [-0.39, 0.29) is 11.5 Å². The number of methoxy groups -OCH3 is 1. The minimum Gasteiger partial charge on any atom is -0.383 e. The molecule has 1 aromatic heterocycles. The summed E-state index contributed by atoms with van der Waals surface area (Å²) in [6, 6.07) is 2.88. The Morgan fingerprint density at radius 2 is 2.16 bits per heavy atom. The SMILES string of the molecule is COCCn1nc(C(=O)N2CCSCC2)ccc1=O. The molecular formula is C12H17N3O3S. The van der Waals surface area contributed by atoms with E-state index < -0.39 is 0 Å². The molecule has 1 amide bonds. The van der Waals surface area contributed by atoms with Crippen LogP contribution in [0.2, 0.25) is 0 Å². The Bertz CT molecular complexity index is 497. The van der Waals surface area contributed by atoms with Crippen molar-refractivity contribution in [3.05, 3.63) is 28.2 Å². The zero-order valence-corrected chi connectivity index (χ0v) is 11.7. The van der Waals surface area contributed by atoms with Crippen LogP contribution in [0.25, 0.3) is 0 Å². The summed E-state index contributed by atoms with van der Waals surface area (Å²) in [5.41, 5.74) is 0.102. The van der Waals surface area contributed by atoms with Gasteiger partial charge in [0, 0.05) is 37.8 Å². The zero-order valence-electron chi connectivity index (χ0n) is 10.9. The van der Waals surface area contributed by atoms with Crippen molar-refractivity contribution < 1.29 is 9.53 Å². The largest absolute Gasteiger partial charge is 0.383 e. The molecule has 1 saturated heterocycles. The lowest BCUT2D eigenvalue weighted by Crippen LogP contribution is -2.39. The van der Waals surface area contributed by atoms with Crippen molar-refractivity contribution in [3.8, 4) is 0 Å². The van der Waals surface area contributed by atoms with E-state index in [1.165, 1.54) is 16.8 Å². The van der Waals surface area contributed by atoms with E-state index in [0.717, 1.165) is 24.6 Å². The Kier molecular flexibility index (Phi) is 4.98. The molecule has 2 heterocycles. The van der Waals surface area contributed by atoms with E-state index in [4.69, 9.17) is 4.74 Å². The third-order valence-electron chi connectivity index (χ3n) is 2.89. The number of thioether (sulfide) groups is 1. The number of amides is 1. The Hall–Kier alpha value is -1.34. The fourth-order valence-corrected chi connectivity index (χ4v) is 2.73. The highest BCUT2D eigenvalue weighted by molar-refractivity contribution is 7.99. The first-order valence-electron chi connectivity index (χ1n) is 6.16. The van der Waals surface area contributed by atoms with Crippen LogP contribution in [-0.4, -0.2) is 58.9 Å². The van der Waals surface area contributed by atoms with Crippen LogP contribution in [0.15, 0.2) is 16.9 Å². The van der Waals surface area contributed by atoms with Crippen LogP contribution in [0.4, 0.5) is 0 Å². The van der Waals surface area contributed by atoms with Gasteiger partial charge in [-0.05, 0) is 6.07 Å². The third kappa shape index (κ3) is 3.57. The normalized spacial score (nSPS) is 15.5. The summed E-state index contributed by atoms with van der Waals surface area (Å²) < 4.78 is 6.19. The lowest BCUT2D eigenvalue weighted by atomic mass is 10.3. The summed E-state index contributed by atoms with van der Waals surface area (Å²) in [6.45, 7) is 2.22. The fourth-order valence-electron chi connectivity index (χ4n) is 1.83. The molecule has 0 atom stereocenters. The van der Waals surface area contributed by atoms with Gasteiger partial charge in [0.25, 0.3) is 11.5 Å². The fraction of sp³-hybridized carbons (Fsp3) is 0.583. The molecule has 0 unspecified atom stereocenters. The first kappa shape index (κ1) is 14.1. The highest BCUT2D eigenvalue weighted by Gasteiger charge is 2.20. The summed E-state index contributed by atoms with van der Waals surface area (Å²) in [5.74, 6) is 1.80. The highest BCUT2D eigenvalue weighted by atomic mass is 32.2. The first-order chi connectivity index (χ1) is 9.22. The summed E-state index contributed by atoms with van der Waals surface area (Å²) in [6.07, 6.45) is 0. The Morgan fingerprint density at radius 3 is 2.84 bits per heavy atom. The molecule has 7 heteroatoms. The zero-order chi connectivity index (χ0) is 13.7. The second kappa shape index (κ2) is 6.72. The third-order valence-corrected chi connectivity index (χ3v) is 3.83. The summed E-state index contributed by atoms with van der Waals surface area (Å²) in [5, 5.41) is 4.11. The Balaban J connectivity index is 2.14. The maximum atomic E-state index is 12.2. The van der Waals surface area contributed by atoms with Gasteiger partial charge in [-0.1, -0.05) is 0 Å². The predicted octanol–water partition coefficient (Wildman–Crippen LogP) is 0.0787. The van der Waals surface area contributed by atoms with Gasteiger partial charge in [0.15, 0.2) is 0 Å². The van der Waals surface area contributed by atoms with Crippen LogP contribution >= 0.6 is 11.8 Å². The van der Waals surface area contributed by atoms with Crippen LogP contribution in [-0.2, 0) is 11.3 Å². The number of carbonyl (C=O) groups is 1. The minimum absolute atomic E-state index is 0.105. The van der Waals surface area contributed by atoms with Crippen molar-refractivity contribution >= 4 is 17.7 Å². The first-order valence-corrected chi connectivity index (χ1v) is 7.32. The lowest BCUT2D eigenvalue weighted by Gasteiger charge is -2.26. The summed E-state index contributed by atoms with van der Waals surface area (Å²) >= 11 is 1.84. The van der Waals surface area contributed by atoms with E-state index in [1.807, 2.05) is 11.8 Å². The molecule has 1 aliphatic rings. The van der Waals surface area contributed by atoms with Gasteiger partial charge in [0.2, 0.25) is 0 Å². The van der Waals surface area contributed by atoms with Crippen LogP contribution in [0, 0.1) is 0 Å². The second-order valence-corrected chi connectivity index (χ2v) is 5.40. The number of rotatable bonds is 4. The molecule has 6 nitrogen and oxygen atoms in total. The van der Waals surface area contributed by atoms with Gasteiger partial charge in [-0.25, -0.2) is 4.68 Å². The average Bonchev–Trinajstić information content (AvgIpc) is 2.46. The maximum absolute atomic E-state index is 12.2. The Morgan fingerprint density at radius 1 is 1.42 bits per heavy atom. The van der Waals surface area contributed by atoms with E-state index in [0.29, 0.717) is 18.8 Å². The van der Waals surface area contributed by atoms with Crippen molar-refractivity contribution in [2.24, 2.45) is 0 Å². The van der Waals surface area contributed by atoms with Gasteiger partial charge in [-0.3, -0.25) is 9.59 Å². The molecule has 0 saturated carbocycles. The average molecular weight is 283 g/mol. The molecule has 0 spiro atoms. The van der Waals surface area contributed by atoms with Gasteiger partial charge in [0.1, 0.15) is 5.69 Å². The molecule has 1 aliphatic heterocycles. The molecule has 0 N–H and O–H groups in total. The molecule has 1 fully saturated rings. The van der Waals surface area contributed by atoms with Gasteiger partial charge in [-0.2, -0.15) is 16.9 Å². The van der Waals surface area contributed by atoms with E-state index in [2.05, 4.69) is 5.10 Å². The predicted molar refractivity (Wildman–Crippen MR) is 73.6 cm³/mol. The van der Waals surface area contributed by atoms with E-state index in [1.54, 1.807) is 12.0 Å². The van der Waals surface area contributed by atoms with Crippen LogP contribution in [0.3, 0.4) is 0 Å². The highest BCUT2D eigenvalue weighted by Crippen LogP contribution is 2.11. The number of hydrogen-bond acceptors (Lipinski definition) is 5. The number of carbonyl (C=O) groups excluding carboxylic acids is 1. The second-order valence-electron chi connectivity index (χ2n) is 4.18. The van der Waals surface area contributed by atoms with Crippen LogP contribution in [0.5, 0.6) is 0 Å². The Labute approximate surface area is 115 Å². The van der Waals surface area contributed by atoms with Crippen molar-refractivity contribution in [1.29, 1.82) is 0 Å². The number of hydrogen-bond donors (Lipinski definition) is 0. The molecule has 1 aromatic rings. The molecule has 2 rings (SSSR count). The quantitative estimate of drug-likeness (QED) is 0.783. The minimum atomic E-state index is -0.220. The van der Waals surface area contributed by atoms with Crippen molar-refractivity contribution in [2.45, 2.75) is 6.54 Å². The summed E-state index contributed by atoms with van der Waals surface area (Å²) in [4.78, 5) is 25.6. The van der Waals surface area contributed by atoms with Crippen molar-refractivity contribution in [1.82, 2.24) is 14.7 Å². The molecule has 0 radical (unpaired) electrons. The summed E-state index contributed by atoms with van der Waals surface area (Å²) in [7, 11) is 1.56. The van der Waals surface area contributed by atoms with Crippen LogP contribution in [0.1, 0.15) is 10.5 Å². The standard InChI is InChI=1S/C12H17N3O3S/c1-18-7-4-15-11(16)3-2-10(13-15)12(17)14-5-8-19-9-6-14/h2-3H,4-9H2,1H3. The van der Waals surface area contributed by atoms with Crippen LogP contribution < -0.4 is 5.56 Å². The van der Waals surface area contributed by atoms with E-state index >= 15 is 0 Å². The molecule has 0 aromatic carbocycles. The molecule has 19 heavy (non-hydrogen) atoms. The lowest BCUT2D eigenvalue weighted by molar-refractivity contribution is 0.0762. The smallest absolute Gasteiger partial charge is 0.274 e. The molecule has 0 bridgehead atoms. The molecule has 104 valence electrons. The maximum Gasteiger partial charge on any atom is 0.274 e. The topological polar surface area (TPSA) is 64.4 Å².